The molecule has 0 spiro atoms. The number of nitrogens with zero attached hydrogens (tertiary/aromatic N) is 3. The van der Waals surface area contributed by atoms with Crippen molar-refractivity contribution in [1.82, 2.24) is 9.36 Å². The Morgan fingerprint density at radius 3 is 2.73 bits per heavy atom. The third-order valence-corrected chi connectivity index (χ3v) is 2.84. The predicted molar refractivity (Wildman–Crippen MR) is 59.4 cm³/mol. The highest BCUT2D eigenvalue weighted by molar-refractivity contribution is 7.09. The van der Waals surface area contributed by atoms with Crippen molar-refractivity contribution in [2.45, 2.75) is 26.7 Å². The minimum atomic E-state index is -0.784. The Labute approximate surface area is 92.9 Å². The minimum absolute atomic E-state index is 0.134. The van der Waals surface area contributed by atoms with Crippen molar-refractivity contribution in [2.24, 2.45) is 0 Å². The lowest BCUT2D eigenvalue weighted by molar-refractivity contribution is -0.136. The second-order valence-corrected chi connectivity index (χ2v) is 3.80. The third kappa shape index (κ3) is 3.47. The number of carboxylic acid groups (broad SMARTS) is 1. The second kappa shape index (κ2) is 5.65. The lowest BCUT2D eigenvalue weighted by Crippen LogP contribution is -2.25. The fraction of sp³-hybridized carbons (Fsp3) is 0.667. The summed E-state index contributed by atoms with van der Waals surface area (Å²) in [5.74, 6) is 0.0393. The molecule has 6 heteroatoms. The summed E-state index contributed by atoms with van der Waals surface area (Å²) in [5.41, 5.74) is 0. The molecule has 1 aromatic rings. The van der Waals surface area contributed by atoms with E-state index < -0.39 is 5.97 Å². The SMILES string of the molecule is CCc1nsc(N(CC)CCC(=O)O)n1. The van der Waals surface area contributed by atoms with Crippen molar-refractivity contribution < 1.29 is 9.90 Å². The van der Waals surface area contributed by atoms with Gasteiger partial charge in [-0.1, -0.05) is 6.92 Å². The molecular weight excluding hydrogens is 214 g/mol. The number of hydrogen-bond donors (Lipinski definition) is 1. The Kier molecular flexibility index (Phi) is 4.48. The summed E-state index contributed by atoms with van der Waals surface area (Å²) in [6, 6.07) is 0. The summed E-state index contributed by atoms with van der Waals surface area (Å²) < 4.78 is 4.17. The van der Waals surface area contributed by atoms with E-state index in [9.17, 15) is 4.79 Å². The summed E-state index contributed by atoms with van der Waals surface area (Å²) in [5, 5.41) is 9.41. The maximum Gasteiger partial charge on any atom is 0.305 e. The van der Waals surface area contributed by atoms with Gasteiger partial charge in [-0.25, -0.2) is 4.98 Å². The van der Waals surface area contributed by atoms with Crippen LogP contribution >= 0.6 is 11.5 Å². The molecule has 0 aliphatic rings. The highest BCUT2D eigenvalue weighted by Crippen LogP contribution is 2.17. The molecule has 0 aromatic carbocycles. The van der Waals surface area contributed by atoms with Crippen molar-refractivity contribution in [1.29, 1.82) is 0 Å². The molecule has 0 fully saturated rings. The van der Waals surface area contributed by atoms with Crippen LogP contribution < -0.4 is 4.90 Å². The summed E-state index contributed by atoms with van der Waals surface area (Å²) in [6.07, 6.45) is 0.946. The van der Waals surface area contributed by atoms with E-state index in [0.29, 0.717) is 6.54 Å². The van der Waals surface area contributed by atoms with Crippen molar-refractivity contribution in [3.8, 4) is 0 Å². The van der Waals surface area contributed by atoms with Gasteiger partial charge in [0, 0.05) is 31.0 Å². The Balaban J connectivity index is 2.61. The van der Waals surface area contributed by atoms with E-state index in [2.05, 4.69) is 9.36 Å². The standard InChI is InChI=1S/C9H15N3O2S/c1-3-7-10-9(15-11-7)12(4-2)6-5-8(13)14/h3-6H2,1-2H3,(H,13,14). The normalized spacial score (nSPS) is 10.3. The Hall–Kier alpha value is -1.17. The number of carbonyl (C=O) groups is 1. The number of rotatable bonds is 6. The number of aryl methyl sites for hydroxylation is 1. The van der Waals surface area contributed by atoms with Gasteiger partial charge in [0.15, 0.2) is 0 Å². The molecule has 1 N–H and O–H groups in total. The molecule has 0 saturated heterocycles. The Morgan fingerprint density at radius 1 is 1.53 bits per heavy atom. The van der Waals surface area contributed by atoms with Gasteiger partial charge in [-0.3, -0.25) is 4.79 Å². The average Bonchev–Trinajstić information content (AvgIpc) is 2.67. The summed E-state index contributed by atoms with van der Waals surface area (Å²) >= 11 is 1.33. The molecule has 0 aliphatic carbocycles. The van der Waals surface area contributed by atoms with Gasteiger partial charge >= 0.3 is 5.97 Å². The lowest BCUT2D eigenvalue weighted by Gasteiger charge is -2.17. The van der Waals surface area contributed by atoms with Crippen LogP contribution in [0, 0.1) is 0 Å². The summed E-state index contributed by atoms with van der Waals surface area (Å²) in [6.45, 7) is 5.23. The quantitative estimate of drug-likeness (QED) is 0.798. The van der Waals surface area contributed by atoms with Crippen LogP contribution in [0.4, 0.5) is 5.13 Å². The molecule has 0 saturated carbocycles. The van der Waals surface area contributed by atoms with E-state index in [1.54, 1.807) is 0 Å². The zero-order valence-electron chi connectivity index (χ0n) is 8.93. The number of hydrogen-bond acceptors (Lipinski definition) is 5. The number of aromatic nitrogens is 2. The molecule has 0 atom stereocenters. The van der Waals surface area contributed by atoms with E-state index in [4.69, 9.17) is 5.11 Å². The summed E-state index contributed by atoms with van der Waals surface area (Å²) in [4.78, 5) is 16.7. The van der Waals surface area contributed by atoms with Crippen LogP contribution in [0.1, 0.15) is 26.1 Å². The van der Waals surface area contributed by atoms with E-state index in [0.717, 1.165) is 23.9 Å². The predicted octanol–water partition coefficient (Wildman–Crippen LogP) is 1.40. The number of aliphatic carboxylic acids is 1. The first-order chi connectivity index (χ1) is 7.17. The molecule has 5 nitrogen and oxygen atoms in total. The molecule has 1 aromatic heterocycles. The fourth-order valence-electron chi connectivity index (χ4n) is 1.14. The molecule has 1 heterocycles. The molecule has 0 aliphatic heterocycles. The molecule has 15 heavy (non-hydrogen) atoms. The molecular formula is C9H15N3O2S. The third-order valence-electron chi connectivity index (χ3n) is 2.02. The fourth-order valence-corrected chi connectivity index (χ4v) is 1.98. The van der Waals surface area contributed by atoms with Crippen LogP contribution in [0.5, 0.6) is 0 Å². The highest BCUT2D eigenvalue weighted by atomic mass is 32.1. The Morgan fingerprint density at radius 2 is 2.27 bits per heavy atom. The molecule has 0 bridgehead atoms. The molecule has 84 valence electrons. The Bertz CT molecular complexity index is 327. The molecule has 0 amide bonds. The molecule has 1 rings (SSSR count). The topological polar surface area (TPSA) is 66.3 Å². The second-order valence-electron chi connectivity index (χ2n) is 3.07. The first-order valence-corrected chi connectivity index (χ1v) is 5.74. The van der Waals surface area contributed by atoms with Crippen LogP contribution in [-0.4, -0.2) is 33.5 Å². The van der Waals surface area contributed by atoms with Gasteiger partial charge in [-0.15, -0.1) is 0 Å². The van der Waals surface area contributed by atoms with Crippen LogP contribution in [0.15, 0.2) is 0 Å². The van der Waals surface area contributed by atoms with Crippen LogP contribution in [0.3, 0.4) is 0 Å². The lowest BCUT2D eigenvalue weighted by atomic mass is 10.4. The van der Waals surface area contributed by atoms with Crippen molar-refractivity contribution in [2.75, 3.05) is 18.0 Å². The zero-order chi connectivity index (χ0) is 11.3. The van der Waals surface area contributed by atoms with Crippen molar-refractivity contribution in [3.63, 3.8) is 0 Å². The monoisotopic (exact) mass is 229 g/mol. The van der Waals surface area contributed by atoms with Gasteiger partial charge in [0.05, 0.1) is 6.42 Å². The van der Waals surface area contributed by atoms with Gasteiger partial charge in [-0.2, -0.15) is 4.37 Å². The van der Waals surface area contributed by atoms with Gasteiger partial charge in [-0.05, 0) is 6.92 Å². The van der Waals surface area contributed by atoms with Gasteiger partial charge < -0.3 is 10.0 Å². The van der Waals surface area contributed by atoms with E-state index in [1.807, 2.05) is 18.7 Å². The molecule has 0 unspecified atom stereocenters. The van der Waals surface area contributed by atoms with Gasteiger partial charge in [0.1, 0.15) is 5.82 Å². The number of carboxylic acids is 1. The summed E-state index contributed by atoms with van der Waals surface area (Å²) in [7, 11) is 0. The van der Waals surface area contributed by atoms with E-state index in [1.165, 1.54) is 11.5 Å². The van der Waals surface area contributed by atoms with Crippen LogP contribution in [0.2, 0.25) is 0 Å². The molecule has 0 radical (unpaired) electrons. The average molecular weight is 229 g/mol. The van der Waals surface area contributed by atoms with Gasteiger partial charge in [0.25, 0.3) is 0 Å². The highest BCUT2D eigenvalue weighted by Gasteiger charge is 2.11. The maximum absolute atomic E-state index is 10.5. The number of anilines is 1. The van der Waals surface area contributed by atoms with Crippen LogP contribution in [-0.2, 0) is 11.2 Å². The van der Waals surface area contributed by atoms with Crippen molar-refractivity contribution in [3.05, 3.63) is 5.82 Å². The first-order valence-electron chi connectivity index (χ1n) is 4.96. The van der Waals surface area contributed by atoms with E-state index in [-0.39, 0.29) is 6.42 Å². The zero-order valence-corrected chi connectivity index (χ0v) is 9.75. The van der Waals surface area contributed by atoms with E-state index >= 15 is 0 Å². The smallest absolute Gasteiger partial charge is 0.305 e. The van der Waals surface area contributed by atoms with Crippen molar-refractivity contribution >= 4 is 22.6 Å². The largest absolute Gasteiger partial charge is 0.481 e. The maximum atomic E-state index is 10.5. The van der Waals surface area contributed by atoms with Gasteiger partial charge in [0.2, 0.25) is 5.13 Å². The van der Waals surface area contributed by atoms with Crippen LogP contribution in [0.25, 0.3) is 0 Å². The minimum Gasteiger partial charge on any atom is -0.481 e. The first kappa shape index (κ1) is 11.9.